The lowest BCUT2D eigenvalue weighted by Crippen LogP contribution is -2.18. The molecule has 1 atom stereocenters. The molecule has 5 nitrogen and oxygen atoms in total. The Morgan fingerprint density at radius 3 is 3.06 bits per heavy atom. The molecule has 1 unspecified atom stereocenters. The molecule has 0 aromatic carbocycles. The summed E-state index contributed by atoms with van der Waals surface area (Å²) >= 11 is 0. The van der Waals surface area contributed by atoms with E-state index in [4.69, 9.17) is 14.6 Å². The molecule has 2 heterocycles. The Morgan fingerprint density at radius 1 is 1.62 bits per heavy atom. The zero-order valence-electron chi connectivity index (χ0n) is 8.97. The van der Waals surface area contributed by atoms with Crippen molar-refractivity contribution in [1.82, 2.24) is 4.98 Å². The zero-order chi connectivity index (χ0) is 11.5. The van der Waals surface area contributed by atoms with E-state index >= 15 is 0 Å². The highest BCUT2D eigenvalue weighted by Gasteiger charge is 2.21. The first kappa shape index (κ1) is 10.9. The average Bonchev–Trinajstić information content (AvgIpc) is 2.73. The number of carboxylic acid groups (broad SMARTS) is 1. The van der Waals surface area contributed by atoms with Crippen LogP contribution in [0.15, 0.2) is 12.1 Å². The molecular formula is C11H13NO4. The largest absolute Gasteiger partial charge is 0.485 e. The number of carboxylic acids is 1. The van der Waals surface area contributed by atoms with E-state index in [1.54, 1.807) is 19.1 Å². The normalized spacial score (nSPS) is 19.7. The standard InChI is InChI=1S/C11H13NO4/c1-7-2-3-9(10(12-7)11(13)14)16-8-4-5-15-6-8/h2-3,8H,4-6H2,1H3,(H,13,14). The van der Waals surface area contributed by atoms with E-state index in [1.807, 2.05) is 0 Å². The SMILES string of the molecule is Cc1ccc(OC2CCOC2)c(C(=O)O)n1. The first-order chi connectivity index (χ1) is 7.66. The van der Waals surface area contributed by atoms with Gasteiger partial charge >= 0.3 is 5.97 Å². The van der Waals surface area contributed by atoms with Crippen LogP contribution in [-0.4, -0.2) is 35.4 Å². The van der Waals surface area contributed by atoms with Crippen molar-refractivity contribution in [3.05, 3.63) is 23.5 Å². The lowest BCUT2D eigenvalue weighted by Gasteiger charge is -2.13. The van der Waals surface area contributed by atoms with Crippen LogP contribution >= 0.6 is 0 Å². The summed E-state index contributed by atoms with van der Waals surface area (Å²) in [4.78, 5) is 14.9. The van der Waals surface area contributed by atoms with E-state index in [0.29, 0.717) is 24.7 Å². The van der Waals surface area contributed by atoms with E-state index in [-0.39, 0.29) is 11.8 Å². The zero-order valence-corrected chi connectivity index (χ0v) is 8.97. The smallest absolute Gasteiger partial charge is 0.358 e. The van der Waals surface area contributed by atoms with Gasteiger partial charge in [0, 0.05) is 12.1 Å². The van der Waals surface area contributed by atoms with Crippen LogP contribution in [0.3, 0.4) is 0 Å². The van der Waals surface area contributed by atoms with E-state index in [1.165, 1.54) is 0 Å². The number of aromatic carboxylic acids is 1. The monoisotopic (exact) mass is 223 g/mol. The number of aryl methyl sites for hydroxylation is 1. The van der Waals surface area contributed by atoms with Gasteiger partial charge in [0.2, 0.25) is 0 Å². The molecule has 5 heteroatoms. The molecule has 1 aromatic rings. The molecule has 16 heavy (non-hydrogen) atoms. The number of ether oxygens (including phenoxy) is 2. The first-order valence-electron chi connectivity index (χ1n) is 5.12. The lowest BCUT2D eigenvalue weighted by molar-refractivity contribution is 0.0679. The van der Waals surface area contributed by atoms with Crippen LogP contribution in [0.2, 0.25) is 0 Å². The van der Waals surface area contributed by atoms with Crippen molar-refractivity contribution >= 4 is 5.97 Å². The van der Waals surface area contributed by atoms with Crippen LogP contribution in [0, 0.1) is 6.92 Å². The molecule has 1 aliphatic rings. The Bertz CT molecular complexity index is 399. The molecule has 86 valence electrons. The van der Waals surface area contributed by atoms with Gasteiger partial charge in [0.25, 0.3) is 0 Å². The molecule has 0 aliphatic carbocycles. The molecule has 1 aliphatic heterocycles. The number of hydrogen-bond acceptors (Lipinski definition) is 4. The molecule has 2 rings (SSSR count). The first-order valence-corrected chi connectivity index (χ1v) is 5.12. The Kier molecular flexibility index (Phi) is 3.05. The van der Waals surface area contributed by atoms with Gasteiger partial charge in [-0.2, -0.15) is 0 Å². The molecule has 1 saturated heterocycles. The molecule has 1 N–H and O–H groups in total. The minimum absolute atomic E-state index is 0.0353. The molecule has 1 aromatic heterocycles. The average molecular weight is 223 g/mol. The number of nitrogens with zero attached hydrogens (tertiary/aromatic N) is 1. The molecular weight excluding hydrogens is 210 g/mol. The van der Waals surface area contributed by atoms with Crippen molar-refractivity contribution in [3.63, 3.8) is 0 Å². The van der Waals surface area contributed by atoms with Crippen LogP contribution in [0.5, 0.6) is 5.75 Å². The summed E-state index contributed by atoms with van der Waals surface area (Å²) in [5.41, 5.74) is 0.624. The summed E-state index contributed by atoms with van der Waals surface area (Å²) in [5, 5.41) is 8.99. The van der Waals surface area contributed by atoms with Gasteiger partial charge in [-0.1, -0.05) is 0 Å². The van der Waals surface area contributed by atoms with E-state index < -0.39 is 5.97 Å². The number of hydrogen-bond donors (Lipinski definition) is 1. The second kappa shape index (κ2) is 4.49. The molecule has 0 bridgehead atoms. The third-order valence-corrected chi connectivity index (χ3v) is 2.38. The van der Waals surface area contributed by atoms with Crippen LogP contribution in [0.1, 0.15) is 22.6 Å². The molecule has 0 saturated carbocycles. The van der Waals surface area contributed by atoms with E-state index in [9.17, 15) is 4.79 Å². The van der Waals surface area contributed by atoms with Gasteiger partial charge in [-0.25, -0.2) is 9.78 Å². The predicted molar refractivity (Wildman–Crippen MR) is 55.8 cm³/mol. The summed E-state index contributed by atoms with van der Waals surface area (Å²) in [7, 11) is 0. The number of rotatable bonds is 3. The van der Waals surface area contributed by atoms with Crippen molar-refractivity contribution in [2.45, 2.75) is 19.4 Å². The van der Waals surface area contributed by atoms with Gasteiger partial charge < -0.3 is 14.6 Å². The quantitative estimate of drug-likeness (QED) is 0.835. The van der Waals surface area contributed by atoms with Crippen molar-refractivity contribution in [3.8, 4) is 5.75 Å². The highest BCUT2D eigenvalue weighted by Crippen LogP contribution is 2.21. The van der Waals surface area contributed by atoms with Crippen molar-refractivity contribution < 1.29 is 19.4 Å². The number of aromatic nitrogens is 1. The fraction of sp³-hybridized carbons (Fsp3) is 0.455. The maximum atomic E-state index is 11.0. The summed E-state index contributed by atoms with van der Waals surface area (Å²) in [6.45, 7) is 2.91. The Morgan fingerprint density at radius 2 is 2.44 bits per heavy atom. The second-order valence-electron chi connectivity index (χ2n) is 3.71. The molecule has 0 radical (unpaired) electrons. The van der Waals surface area contributed by atoms with Crippen LogP contribution in [-0.2, 0) is 4.74 Å². The van der Waals surface area contributed by atoms with Gasteiger partial charge in [-0.05, 0) is 19.1 Å². The maximum absolute atomic E-state index is 11.0. The number of carbonyl (C=O) groups is 1. The Labute approximate surface area is 93.0 Å². The molecule has 0 spiro atoms. The summed E-state index contributed by atoms with van der Waals surface area (Å²) in [5.74, 6) is -0.758. The predicted octanol–water partition coefficient (Wildman–Crippen LogP) is 1.26. The van der Waals surface area contributed by atoms with Crippen LogP contribution in [0.25, 0.3) is 0 Å². The Hall–Kier alpha value is -1.62. The van der Waals surface area contributed by atoms with Gasteiger partial charge in [0.1, 0.15) is 6.10 Å². The maximum Gasteiger partial charge on any atom is 0.358 e. The van der Waals surface area contributed by atoms with Crippen molar-refractivity contribution in [2.75, 3.05) is 13.2 Å². The highest BCUT2D eigenvalue weighted by atomic mass is 16.5. The summed E-state index contributed by atoms with van der Waals surface area (Å²) < 4.78 is 10.7. The highest BCUT2D eigenvalue weighted by molar-refractivity contribution is 5.88. The number of pyridine rings is 1. The van der Waals surface area contributed by atoms with E-state index in [0.717, 1.165) is 6.42 Å². The van der Waals surface area contributed by atoms with Crippen LogP contribution < -0.4 is 4.74 Å². The minimum atomic E-state index is -1.07. The van der Waals surface area contributed by atoms with Gasteiger partial charge in [0.15, 0.2) is 11.4 Å². The Balaban J connectivity index is 2.21. The minimum Gasteiger partial charge on any atom is -0.485 e. The van der Waals surface area contributed by atoms with Crippen LogP contribution in [0.4, 0.5) is 0 Å². The lowest BCUT2D eigenvalue weighted by atomic mass is 10.2. The molecule has 1 fully saturated rings. The van der Waals surface area contributed by atoms with Gasteiger partial charge in [-0.15, -0.1) is 0 Å². The fourth-order valence-electron chi connectivity index (χ4n) is 1.58. The summed E-state index contributed by atoms with van der Waals surface area (Å²) in [6.07, 6.45) is 0.718. The van der Waals surface area contributed by atoms with Crippen molar-refractivity contribution in [1.29, 1.82) is 0 Å². The third-order valence-electron chi connectivity index (χ3n) is 2.38. The van der Waals surface area contributed by atoms with Gasteiger partial charge in [0.05, 0.1) is 13.2 Å². The van der Waals surface area contributed by atoms with Crippen molar-refractivity contribution in [2.24, 2.45) is 0 Å². The molecule has 0 amide bonds. The van der Waals surface area contributed by atoms with E-state index in [2.05, 4.69) is 4.98 Å². The third kappa shape index (κ3) is 2.30. The second-order valence-corrected chi connectivity index (χ2v) is 3.71. The topological polar surface area (TPSA) is 68.7 Å². The van der Waals surface area contributed by atoms with Gasteiger partial charge in [-0.3, -0.25) is 0 Å². The summed E-state index contributed by atoms with van der Waals surface area (Å²) in [6, 6.07) is 3.38. The fourth-order valence-corrected chi connectivity index (χ4v) is 1.58.